The molecule has 132 valence electrons. The van der Waals surface area contributed by atoms with Gasteiger partial charge < -0.3 is 14.8 Å². The molecule has 0 aromatic heterocycles. The maximum absolute atomic E-state index is 13.5. The van der Waals surface area contributed by atoms with E-state index in [9.17, 15) is 14.0 Å². The van der Waals surface area contributed by atoms with Crippen LogP contribution in [0, 0.1) is 12.7 Å². The van der Waals surface area contributed by atoms with E-state index in [1.807, 2.05) is 19.1 Å². The molecule has 2 aromatic rings. The number of benzene rings is 2. The van der Waals surface area contributed by atoms with Crippen LogP contribution in [0.3, 0.4) is 0 Å². The van der Waals surface area contributed by atoms with Crippen LogP contribution in [0.4, 0.5) is 10.1 Å². The van der Waals surface area contributed by atoms with Gasteiger partial charge >= 0.3 is 5.97 Å². The molecule has 0 bridgehead atoms. The van der Waals surface area contributed by atoms with Gasteiger partial charge in [0.05, 0.1) is 19.2 Å². The molecule has 1 N–H and O–H groups in total. The van der Waals surface area contributed by atoms with Gasteiger partial charge in [0.25, 0.3) is 5.91 Å². The van der Waals surface area contributed by atoms with Crippen LogP contribution in [0.15, 0.2) is 36.4 Å². The number of hydrogen-bond donors (Lipinski definition) is 1. The summed E-state index contributed by atoms with van der Waals surface area (Å²) < 4.78 is 23.7. The molecule has 0 aliphatic carbocycles. The van der Waals surface area contributed by atoms with Gasteiger partial charge in [0.1, 0.15) is 11.6 Å². The van der Waals surface area contributed by atoms with Crippen LogP contribution < -0.4 is 10.1 Å². The fraction of sp³-hybridized carbons (Fsp3) is 0.222. The molecule has 1 amide bonds. The molecule has 5 nitrogen and oxygen atoms in total. The molecule has 0 saturated heterocycles. The number of aryl methyl sites for hydroxylation is 1. The Morgan fingerprint density at radius 2 is 1.96 bits per heavy atom. The predicted octanol–water partition coefficient (Wildman–Crippen LogP) is 3.52. The van der Waals surface area contributed by atoms with Gasteiger partial charge in [0.15, 0.2) is 6.61 Å². The van der Waals surface area contributed by atoms with Gasteiger partial charge in [-0.2, -0.15) is 0 Å². The molecule has 2 aromatic carbocycles. The highest BCUT2D eigenvalue weighted by molar-refractivity contribution is 6.30. The lowest BCUT2D eigenvalue weighted by Gasteiger charge is -2.10. The first kappa shape index (κ1) is 18.7. The van der Waals surface area contributed by atoms with E-state index in [4.69, 9.17) is 21.1 Å². The maximum atomic E-state index is 13.5. The summed E-state index contributed by atoms with van der Waals surface area (Å²) in [4.78, 5) is 23.7. The van der Waals surface area contributed by atoms with Crippen molar-refractivity contribution in [1.82, 2.24) is 0 Å². The second kappa shape index (κ2) is 8.48. The Morgan fingerprint density at radius 1 is 1.20 bits per heavy atom. The summed E-state index contributed by atoms with van der Waals surface area (Å²) in [5, 5.41) is 2.58. The van der Waals surface area contributed by atoms with Crippen molar-refractivity contribution < 1.29 is 23.5 Å². The third kappa shape index (κ3) is 5.46. The number of amides is 1. The third-order valence-corrected chi connectivity index (χ3v) is 3.57. The van der Waals surface area contributed by atoms with Crippen molar-refractivity contribution in [3.8, 4) is 5.75 Å². The lowest BCUT2D eigenvalue weighted by Crippen LogP contribution is -2.22. The molecule has 0 aliphatic rings. The number of nitrogens with one attached hydrogen (secondary N) is 1. The summed E-state index contributed by atoms with van der Waals surface area (Å²) in [5.41, 5.74) is 1.56. The van der Waals surface area contributed by atoms with Crippen LogP contribution in [0.1, 0.15) is 11.1 Å². The second-order valence-corrected chi connectivity index (χ2v) is 5.76. The number of carbonyl (C=O) groups is 2. The first-order valence-corrected chi connectivity index (χ1v) is 7.81. The van der Waals surface area contributed by atoms with Crippen molar-refractivity contribution in [3.05, 3.63) is 58.4 Å². The van der Waals surface area contributed by atoms with E-state index in [0.717, 1.165) is 11.6 Å². The van der Waals surface area contributed by atoms with Gasteiger partial charge in [0, 0.05) is 10.6 Å². The number of esters is 1. The quantitative estimate of drug-likeness (QED) is 0.795. The fourth-order valence-electron chi connectivity index (χ4n) is 2.18. The number of hydrogen-bond acceptors (Lipinski definition) is 4. The minimum Gasteiger partial charge on any atom is -0.496 e. The Balaban J connectivity index is 1.90. The zero-order valence-electron chi connectivity index (χ0n) is 13.8. The van der Waals surface area contributed by atoms with Crippen molar-refractivity contribution in [2.24, 2.45) is 0 Å². The minimum atomic E-state index is -0.661. The Morgan fingerprint density at radius 3 is 2.68 bits per heavy atom. The molecular formula is C18H17ClFNO4. The Kier molecular flexibility index (Phi) is 6.36. The summed E-state index contributed by atoms with van der Waals surface area (Å²) in [6, 6.07) is 9.19. The standard InChI is InChI=1S/C18H17ClFNO4/c1-11-3-6-16(24-2)12(7-11)8-18(23)25-10-17(22)21-15-9-13(19)4-5-14(15)20/h3-7,9H,8,10H2,1-2H3,(H,21,22). The molecule has 7 heteroatoms. The number of halogens is 2. The highest BCUT2D eigenvalue weighted by Gasteiger charge is 2.13. The largest absolute Gasteiger partial charge is 0.496 e. The molecule has 0 saturated carbocycles. The number of anilines is 1. The molecule has 0 unspecified atom stereocenters. The maximum Gasteiger partial charge on any atom is 0.310 e. The normalized spacial score (nSPS) is 10.2. The molecule has 0 aliphatic heterocycles. The molecule has 0 fully saturated rings. The first-order chi connectivity index (χ1) is 11.9. The molecule has 0 atom stereocenters. The summed E-state index contributed by atoms with van der Waals surface area (Å²) in [6.45, 7) is 1.36. The second-order valence-electron chi connectivity index (χ2n) is 5.33. The van der Waals surface area contributed by atoms with Gasteiger partial charge in [-0.05, 0) is 31.2 Å². The zero-order valence-corrected chi connectivity index (χ0v) is 14.5. The SMILES string of the molecule is COc1ccc(C)cc1CC(=O)OCC(=O)Nc1cc(Cl)ccc1F. The van der Waals surface area contributed by atoms with E-state index in [0.29, 0.717) is 11.3 Å². The van der Waals surface area contributed by atoms with Crippen molar-refractivity contribution in [2.45, 2.75) is 13.3 Å². The number of ether oxygens (including phenoxy) is 2. The molecule has 0 spiro atoms. The monoisotopic (exact) mass is 365 g/mol. The molecule has 25 heavy (non-hydrogen) atoms. The number of rotatable bonds is 6. The average molecular weight is 366 g/mol. The topological polar surface area (TPSA) is 64.6 Å². The van der Waals surface area contributed by atoms with Gasteiger partial charge in [0.2, 0.25) is 0 Å². The highest BCUT2D eigenvalue weighted by atomic mass is 35.5. The van der Waals surface area contributed by atoms with Gasteiger partial charge in [-0.25, -0.2) is 4.39 Å². The van der Waals surface area contributed by atoms with E-state index in [-0.39, 0.29) is 17.1 Å². The molecular weight excluding hydrogens is 349 g/mol. The number of methoxy groups -OCH3 is 1. The van der Waals surface area contributed by atoms with Crippen molar-refractivity contribution in [2.75, 3.05) is 19.0 Å². The Labute approximate surface area is 149 Å². The summed E-state index contributed by atoms with van der Waals surface area (Å²) in [6.07, 6.45) is -0.0380. The van der Waals surface area contributed by atoms with Crippen LogP contribution in [-0.2, 0) is 20.7 Å². The lowest BCUT2D eigenvalue weighted by atomic mass is 10.1. The van der Waals surface area contributed by atoms with E-state index in [1.54, 1.807) is 6.07 Å². The van der Waals surface area contributed by atoms with Crippen LogP contribution in [0.5, 0.6) is 5.75 Å². The average Bonchev–Trinajstić information content (AvgIpc) is 2.56. The smallest absolute Gasteiger partial charge is 0.310 e. The minimum absolute atomic E-state index is 0.0380. The predicted molar refractivity (Wildman–Crippen MR) is 92.4 cm³/mol. The van der Waals surface area contributed by atoms with E-state index >= 15 is 0 Å². The van der Waals surface area contributed by atoms with Crippen LogP contribution in [0.2, 0.25) is 5.02 Å². The summed E-state index contributed by atoms with van der Waals surface area (Å²) >= 11 is 5.74. The number of carbonyl (C=O) groups excluding carboxylic acids is 2. The third-order valence-electron chi connectivity index (χ3n) is 3.34. The van der Waals surface area contributed by atoms with Gasteiger partial charge in [-0.3, -0.25) is 9.59 Å². The summed E-state index contributed by atoms with van der Waals surface area (Å²) in [5.74, 6) is -1.32. The highest BCUT2D eigenvalue weighted by Crippen LogP contribution is 2.21. The fourth-order valence-corrected chi connectivity index (χ4v) is 2.35. The molecule has 0 heterocycles. The van der Waals surface area contributed by atoms with E-state index in [1.165, 1.54) is 19.2 Å². The molecule has 2 rings (SSSR count). The van der Waals surface area contributed by atoms with E-state index in [2.05, 4.69) is 5.32 Å². The lowest BCUT2D eigenvalue weighted by molar-refractivity contribution is -0.146. The van der Waals surface area contributed by atoms with Crippen molar-refractivity contribution >= 4 is 29.2 Å². The van der Waals surface area contributed by atoms with Crippen LogP contribution >= 0.6 is 11.6 Å². The Bertz CT molecular complexity index is 795. The first-order valence-electron chi connectivity index (χ1n) is 7.43. The van der Waals surface area contributed by atoms with Gasteiger partial charge in [-0.15, -0.1) is 0 Å². The summed E-state index contributed by atoms with van der Waals surface area (Å²) in [7, 11) is 1.51. The van der Waals surface area contributed by atoms with Crippen LogP contribution in [-0.4, -0.2) is 25.6 Å². The van der Waals surface area contributed by atoms with Gasteiger partial charge in [-0.1, -0.05) is 29.3 Å². The Hall–Kier alpha value is -2.60. The molecule has 0 radical (unpaired) electrons. The zero-order chi connectivity index (χ0) is 18.4. The van der Waals surface area contributed by atoms with E-state index < -0.39 is 24.3 Å². The van der Waals surface area contributed by atoms with Crippen LogP contribution in [0.25, 0.3) is 0 Å². The van der Waals surface area contributed by atoms with Crippen molar-refractivity contribution in [3.63, 3.8) is 0 Å². The van der Waals surface area contributed by atoms with Crippen molar-refractivity contribution in [1.29, 1.82) is 0 Å².